The highest BCUT2D eigenvalue weighted by molar-refractivity contribution is 5.67. The van der Waals surface area contributed by atoms with E-state index in [2.05, 4.69) is 27.1 Å². The molecule has 0 amide bonds. The van der Waals surface area contributed by atoms with Crippen LogP contribution in [-0.4, -0.2) is 26.1 Å². The summed E-state index contributed by atoms with van der Waals surface area (Å²) >= 11 is 0. The number of rotatable bonds is 1. The monoisotopic (exact) mass is 217 g/mol. The van der Waals surface area contributed by atoms with Crippen LogP contribution in [0.2, 0.25) is 0 Å². The van der Waals surface area contributed by atoms with Gasteiger partial charge in [-0.2, -0.15) is 10.2 Å². The summed E-state index contributed by atoms with van der Waals surface area (Å²) in [5, 5.41) is 12.1. The van der Waals surface area contributed by atoms with E-state index in [0.29, 0.717) is 0 Å². The molecule has 0 bridgehead atoms. The van der Waals surface area contributed by atoms with Gasteiger partial charge in [-0.25, -0.2) is 0 Å². The van der Waals surface area contributed by atoms with Gasteiger partial charge in [0, 0.05) is 37.0 Å². The van der Waals surface area contributed by atoms with Crippen LogP contribution in [0.3, 0.4) is 0 Å². The summed E-state index contributed by atoms with van der Waals surface area (Å²) in [5.74, 6) is 0. The highest BCUT2D eigenvalue weighted by Crippen LogP contribution is 2.27. The van der Waals surface area contributed by atoms with Crippen molar-refractivity contribution >= 4 is 0 Å². The molecule has 0 fully saturated rings. The van der Waals surface area contributed by atoms with Gasteiger partial charge in [-0.1, -0.05) is 0 Å². The van der Waals surface area contributed by atoms with Crippen LogP contribution in [0.1, 0.15) is 11.4 Å². The summed E-state index contributed by atoms with van der Waals surface area (Å²) in [6.45, 7) is 4.93. The number of nitrogens with zero attached hydrogens (tertiary/aromatic N) is 4. The molecule has 1 aliphatic rings. The van der Waals surface area contributed by atoms with Crippen molar-refractivity contribution in [2.24, 2.45) is 7.05 Å². The van der Waals surface area contributed by atoms with Gasteiger partial charge in [-0.15, -0.1) is 0 Å². The summed E-state index contributed by atoms with van der Waals surface area (Å²) in [5.41, 5.74) is 4.84. The minimum Gasteiger partial charge on any atom is -0.309 e. The third-order valence-corrected chi connectivity index (χ3v) is 3.27. The molecule has 2 aromatic rings. The number of aromatic nitrogens is 4. The minimum atomic E-state index is 0.893. The highest BCUT2D eigenvalue weighted by Gasteiger charge is 2.18. The second kappa shape index (κ2) is 3.45. The first kappa shape index (κ1) is 9.59. The molecule has 3 rings (SSSR count). The van der Waals surface area contributed by atoms with E-state index in [1.807, 2.05) is 24.1 Å². The fraction of sp³-hybridized carbons (Fsp3) is 0.455. The van der Waals surface area contributed by atoms with Crippen molar-refractivity contribution in [1.29, 1.82) is 0 Å². The van der Waals surface area contributed by atoms with E-state index in [9.17, 15) is 0 Å². The average Bonchev–Trinajstić information content (AvgIpc) is 2.85. The second-order valence-electron chi connectivity index (χ2n) is 4.17. The molecule has 16 heavy (non-hydrogen) atoms. The maximum atomic E-state index is 4.42. The minimum absolute atomic E-state index is 0.893. The van der Waals surface area contributed by atoms with E-state index in [4.69, 9.17) is 0 Å². The predicted octanol–water partition coefficient (Wildman–Crippen LogP) is 0.695. The van der Waals surface area contributed by atoms with Crippen molar-refractivity contribution in [1.82, 2.24) is 24.9 Å². The van der Waals surface area contributed by atoms with Crippen molar-refractivity contribution in [3.63, 3.8) is 0 Å². The Labute approximate surface area is 94.1 Å². The molecule has 0 unspecified atom stereocenters. The van der Waals surface area contributed by atoms with Gasteiger partial charge in [0.15, 0.2) is 0 Å². The van der Waals surface area contributed by atoms with Crippen LogP contribution in [0.15, 0.2) is 12.4 Å². The number of aryl methyl sites for hydroxylation is 1. The molecule has 0 saturated heterocycles. The third-order valence-electron chi connectivity index (χ3n) is 3.27. The number of fused-ring (bicyclic) bond motifs is 1. The fourth-order valence-corrected chi connectivity index (χ4v) is 2.17. The van der Waals surface area contributed by atoms with Gasteiger partial charge in [0.25, 0.3) is 0 Å². The van der Waals surface area contributed by atoms with Gasteiger partial charge in [-0.3, -0.25) is 9.36 Å². The molecular weight excluding hydrogens is 202 g/mol. The van der Waals surface area contributed by atoms with Crippen molar-refractivity contribution in [3.05, 3.63) is 23.8 Å². The zero-order valence-corrected chi connectivity index (χ0v) is 9.56. The lowest BCUT2D eigenvalue weighted by molar-refractivity contribution is 0.476. The zero-order valence-electron chi connectivity index (χ0n) is 9.56. The smallest absolute Gasteiger partial charge is 0.0602 e. The number of nitrogens with one attached hydrogen (secondary N) is 1. The van der Waals surface area contributed by atoms with Gasteiger partial charge in [0.1, 0.15) is 0 Å². The molecule has 3 heterocycles. The molecule has 1 N–H and O–H groups in total. The first-order valence-corrected chi connectivity index (χ1v) is 5.52. The van der Waals surface area contributed by atoms with Crippen LogP contribution >= 0.6 is 0 Å². The van der Waals surface area contributed by atoms with E-state index in [1.54, 1.807) is 0 Å². The van der Waals surface area contributed by atoms with E-state index >= 15 is 0 Å². The normalized spacial score (nSPS) is 15.1. The summed E-state index contributed by atoms with van der Waals surface area (Å²) in [6.07, 6.45) is 3.87. The lowest BCUT2D eigenvalue weighted by Gasteiger charge is -2.16. The van der Waals surface area contributed by atoms with Crippen molar-refractivity contribution in [3.8, 4) is 11.1 Å². The summed E-state index contributed by atoms with van der Waals surface area (Å²) in [7, 11) is 1.97. The van der Waals surface area contributed by atoms with Crippen LogP contribution < -0.4 is 5.32 Å². The van der Waals surface area contributed by atoms with E-state index in [-0.39, 0.29) is 0 Å². The molecule has 5 nitrogen and oxygen atoms in total. The lowest BCUT2D eigenvalue weighted by Crippen LogP contribution is -2.28. The molecule has 0 aliphatic carbocycles. The van der Waals surface area contributed by atoms with Gasteiger partial charge < -0.3 is 5.32 Å². The van der Waals surface area contributed by atoms with Crippen molar-refractivity contribution in [2.75, 3.05) is 6.54 Å². The SMILES string of the molecule is Cc1c(-c2cnn3c2CNCC3)cnn1C. The summed E-state index contributed by atoms with van der Waals surface area (Å²) in [4.78, 5) is 0. The van der Waals surface area contributed by atoms with Crippen LogP contribution in [0, 0.1) is 6.92 Å². The molecule has 1 aliphatic heterocycles. The maximum Gasteiger partial charge on any atom is 0.0602 e. The molecule has 0 atom stereocenters. The van der Waals surface area contributed by atoms with E-state index in [1.165, 1.54) is 22.5 Å². The largest absolute Gasteiger partial charge is 0.309 e. The average molecular weight is 217 g/mol. The predicted molar refractivity (Wildman–Crippen MR) is 60.9 cm³/mol. The van der Waals surface area contributed by atoms with Gasteiger partial charge in [0.2, 0.25) is 0 Å². The molecule has 5 heteroatoms. The molecule has 0 aromatic carbocycles. The Balaban J connectivity index is 2.13. The Morgan fingerprint density at radius 2 is 2.06 bits per heavy atom. The van der Waals surface area contributed by atoms with Crippen LogP contribution in [-0.2, 0) is 20.1 Å². The third kappa shape index (κ3) is 1.28. The van der Waals surface area contributed by atoms with Crippen molar-refractivity contribution in [2.45, 2.75) is 20.0 Å². The van der Waals surface area contributed by atoms with Gasteiger partial charge in [-0.05, 0) is 6.92 Å². The molecule has 0 radical (unpaired) electrons. The van der Waals surface area contributed by atoms with E-state index in [0.717, 1.165) is 19.6 Å². The van der Waals surface area contributed by atoms with Gasteiger partial charge in [0.05, 0.1) is 24.6 Å². The Bertz CT molecular complexity index is 522. The molecule has 84 valence electrons. The molecular formula is C11H15N5. The standard InChI is InChI=1S/C11H15N5/c1-8-9(5-13-15(8)2)10-6-14-16-4-3-12-7-11(10)16/h5-6,12H,3-4,7H2,1-2H3. The van der Waals surface area contributed by atoms with Gasteiger partial charge >= 0.3 is 0 Å². The maximum absolute atomic E-state index is 4.42. The topological polar surface area (TPSA) is 47.7 Å². The Morgan fingerprint density at radius 1 is 1.25 bits per heavy atom. The second-order valence-corrected chi connectivity index (χ2v) is 4.17. The molecule has 2 aromatic heterocycles. The first-order valence-electron chi connectivity index (χ1n) is 5.52. The summed E-state index contributed by atoms with van der Waals surface area (Å²) in [6, 6.07) is 0. The number of hydrogen-bond donors (Lipinski definition) is 1. The quantitative estimate of drug-likeness (QED) is 0.764. The molecule has 0 saturated carbocycles. The molecule has 0 spiro atoms. The first-order chi connectivity index (χ1) is 7.77. The van der Waals surface area contributed by atoms with Crippen LogP contribution in [0.5, 0.6) is 0 Å². The van der Waals surface area contributed by atoms with Crippen LogP contribution in [0.4, 0.5) is 0 Å². The number of hydrogen-bond acceptors (Lipinski definition) is 3. The lowest BCUT2D eigenvalue weighted by atomic mass is 10.1. The highest BCUT2D eigenvalue weighted by atomic mass is 15.3. The zero-order chi connectivity index (χ0) is 11.1. The van der Waals surface area contributed by atoms with E-state index < -0.39 is 0 Å². The fourth-order valence-electron chi connectivity index (χ4n) is 2.17. The Morgan fingerprint density at radius 3 is 2.81 bits per heavy atom. The summed E-state index contributed by atoms with van der Waals surface area (Å²) < 4.78 is 3.98. The Hall–Kier alpha value is -1.62. The Kier molecular flexibility index (Phi) is 2.07. The van der Waals surface area contributed by atoms with Crippen molar-refractivity contribution < 1.29 is 0 Å². The van der Waals surface area contributed by atoms with Crippen LogP contribution in [0.25, 0.3) is 11.1 Å².